The number of aryl methyl sites for hydroxylation is 1. The second-order valence-corrected chi connectivity index (χ2v) is 7.20. The van der Waals surface area contributed by atoms with Crippen LogP contribution in [0.5, 0.6) is 5.75 Å². The third-order valence-electron chi connectivity index (χ3n) is 4.96. The molecule has 0 fully saturated rings. The molecule has 3 heterocycles. The van der Waals surface area contributed by atoms with E-state index < -0.39 is 5.95 Å². The van der Waals surface area contributed by atoms with Crippen molar-refractivity contribution in [1.29, 1.82) is 0 Å². The van der Waals surface area contributed by atoms with Crippen molar-refractivity contribution in [2.24, 2.45) is 0 Å². The van der Waals surface area contributed by atoms with Gasteiger partial charge >= 0.3 is 0 Å². The highest BCUT2D eigenvalue weighted by atomic mass is 35.5. The lowest BCUT2D eigenvalue weighted by Gasteiger charge is -2.09. The second-order valence-electron chi connectivity index (χ2n) is 6.80. The third kappa shape index (κ3) is 2.95. The highest BCUT2D eigenvalue weighted by Crippen LogP contribution is 2.34. The molecule has 0 aliphatic rings. The molecule has 0 saturated carbocycles. The molecule has 0 bridgehead atoms. The van der Waals surface area contributed by atoms with E-state index in [1.807, 2.05) is 35.6 Å². The Hall–Kier alpha value is -3.58. The van der Waals surface area contributed by atoms with E-state index in [0.717, 1.165) is 16.8 Å². The van der Waals surface area contributed by atoms with Gasteiger partial charge in [0.1, 0.15) is 17.1 Å². The van der Waals surface area contributed by atoms with Crippen molar-refractivity contribution in [3.63, 3.8) is 0 Å². The molecular formula is C22H15ClFN5O. The minimum absolute atomic E-state index is 0.534. The Labute approximate surface area is 176 Å². The molecule has 30 heavy (non-hydrogen) atoms. The van der Waals surface area contributed by atoms with Crippen LogP contribution in [0.3, 0.4) is 0 Å². The maximum Gasteiger partial charge on any atom is 0.213 e. The molecule has 5 rings (SSSR count). The zero-order chi connectivity index (χ0) is 20.8. The molecule has 0 aliphatic heterocycles. The van der Waals surface area contributed by atoms with Gasteiger partial charge in [-0.2, -0.15) is 4.39 Å². The van der Waals surface area contributed by atoms with E-state index in [1.54, 1.807) is 25.3 Å². The number of fused-ring (bicyclic) bond motifs is 3. The number of imidazole rings is 1. The number of hydrogen-bond acceptors (Lipinski definition) is 5. The number of halogens is 2. The molecule has 0 atom stereocenters. The van der Waals surface area contributed by atoms with Crippen LogP contribution in [-0.4, -0.2) is 31.7 Å². The van der Waals surface area contributed by atoms with E-state index in [-0.39, 0.29) is 0 Å². The zero-order valence-electron chi connectivity index (χ0n) is 16.1. The topological polar surface area (TPSA) is 65.2 Å². The minimum atomic E-state index is -0.534. The van der Waals surface area contributed by atoms with E-state index in [0.29, 0.717) is 38.9 Å². The van der Waals surface area contributed by atoms with Crippen molar-refractivity contribution in [3.8, 4) is 28.3 Å². The molecular weight excluding hydrogens is 405 g/mol. The van der Waals surface area contributed by atoms with Gasteiger partial charge in [0, 0.05) is 17.8 Å². The van der Waals surface area contributed by atoms with Crippen LogP contribution in [-0.2, 0) is 0 Å². The van der Waals surface area contributed by atoms with Crippen molar-refractivity contribution >= 4 is 28.3 Å². The number of rotatable bonds is 3. The van der Waals surface area contributed by atoms with E-state index in [4.69, 9.17) is 21.3 Å². The van der Waals surface area contributed by atoms with Crippen molar-refractivity contribution in [2.45, 2.75) is 6.92 Å². The van der Waals surface area contributed by atoms with Gasteiger partial charge in [-0.05, 0) is 54.4 Å². The van der Waals surface area contributed by atoms with Crippen LogP contribution in [0.4, 0.5) is 4.39 Å². The van der Waals surface area contributed by atoms with Gasteiger partial charge in [0.05, 0.1) is 23.3 Å². The Morgan fingerprint density at radius 2 is 1.83 bits per heavy atom. The van der Waals surface area contributed by atoms with Gasteiger partial charge in [-0.15, -0.1) is 10.2 Å². The van der Waals surface area contributed by atoms with Crippen molar-refractivity contribution < 1.29 is 9.13 Å². The normalized spacial score (nSPS) is 11.3. The number of ether oxygens (including phenoxy) is 1. The van der Waals surface area contributed by atoms with E-state index in [1.165, 1.54) is 12.3 Å². The summed E-state index contributed by atoms with van der Waals surface area (Å²) >= 11 is 6.50. The summed E-state index contributed by atoms with van der Waals surface area (Å²) in [5.41, 5.74) is 5.06. The van der Waals surface area contributed by atoms with Crippen LogP contribution in [0.2, 0.25) is 5.02 Å². The molecule has 8 heteroatoms. The number of aromatic nitrogens is 5. The number of benzene rings is 2. The fourth-order valence-corrected chi connectivity index (χ4v) is 3.70. The van der Waals surface area contributed by atoms with Gasteiger partial charge in [0.2, 0.25) is 5.95 Å². The molecule has 0 saturated heterocycles. The van der Waals surface area contributed by atoms with Crippen LogP contribution in [0.25, 0.3) is 39.2 Å². The van der Waals surface area contributed by atoms with Crippen LogP contribution in [0.15, 0.2) is 54.7 Å². The van der Waals surface area contributed by atoms with Gasteiger partial charge in [-0.3, -0.25) is 4.40 Å². The second kappa shape index (κ2) is 7.03. The maximum atomic E-state index is 13.6. The summed E-state index contributed by atoms with van der Waals surface area (Å²) in [7, 11) is 1.60. The zero-order valence-corrected chi connectivity index (χ0v) is 16.9. The van der Waals surface area contributed by atoms with Crippen LogP contribution < -0.4 is 4.74 Å². The quantitative estimate of drug-likeness (QED) is 0.380. The Morgan fingerprint density at radius 1 is 1.00 bits per heavy atom. The van der Waals surface area contributed by atoms with Crippen LogP contribution in [0, 0.1) is 12.9 Å². The van der Waals surface area contributed by atoms with Crippen molar-refractivity contribution in [1.82, 2.24) is 24.6 Å². The number of methoxy groups -OCH3 is 1. The monoisotopic (exact) mass is 419 g/mol. The molecule has 0 amide bonds. The highest BCUT2D eigenvalue weighted by Gasteiger charge is 2.18. The number of nitrogens with zero attached hydrogens (tertiary/aromatic N) is 5. The molecule has 0 radical (unpaired) electrons. The maximum absolute atomic E-state index is 13.6. The Kier molecular flexibility index (Phi) is 4.33. The third-order valence-corrected chi connectivity index (χ3v) is 5.29. The predicted molar refractivity (Wildman–Crippen MR) is 113 cm³/mol. The summed E-state index contributed by atoms with van der Waals surface area (Å²) in [5.74, 6) is 0.764. The summed E-state index contributed by atoms with van der Waals surface area (Å²) in [4.78, 5) is 8.34. The lowest BCUT2D eigenvalue weighted by Crippen LogP contribution is -1.98. The average Bonchev–Trinajstić information content (AvgIpc) is 3.10. The Bertz CT molecular complexity index is 1430. The summed E-state index contributed by atoms with van der Waals surface area (Å²) in [6.45, 7) is 1.87. The van der Waals surface area contributed by atoms with E-state index >= 15 is 0 Å². The Morgan fingerprint density at radius 3 is 2.63 bits per heavy atom. The molecule has 5 aromatic rings. The summed E-state index contributed by atoms with van der Waals surface area (Å²) in [5, 5.41) is 9.22. The summed E-state index contributed by atoms with van der Waals surface area (Å²) in [6, 6.07) is 14.2. The highest BCUT2D eigenvalue weighted by molar-refractivity contribution is 6.33. The molecule has 148 valence electrons. The van der Waals surface area contributed by atoms with E-state index in [2.05, 4.69) is 15.2 Å². The van der Waals surface area contributed by atoms with Gasteiger partial charge < -0.3 is 4.74 Å². The molecule has 0 unspecified atom stereocenters. The van der Waals surface area contributed by atoms with Crippen molar-refractivity contribution in [2.75, 3.05) is 7.11 Å². The number of hydrogen-bond donors (Lipinski definition) is 0. The SMILES string of the molecule is COc1ccc(Cl)c(-c2nc(C)c3nnc4ccc(-c5ccnc(F)c5)cc4n23)c1. The van der Waals surface area contributed by atoms with Crippen LogP contribution >= 0.6 is 11.6 Å². The Balaban J connectivity index is 1.84. The molecule has 6 nitrogen and oxygen atoms in total. The summed E-state index contributed by atoms with van der Waals surface area (Å²) in [6.07, 6.45) is 1.44. The first-order valence-electron chi connectivity index (χ1n) is 9.16. The molecule has 3 aromatic heterocycles. The summed E-state index contributed by atoms with van der Waals surface area (Å²) < 4.78 is 20.9. The first kappa shape index (κ1) is 18.4. The lowest BCUT2D eigenvalue weighted by molar-refractivity contribution is 0.415. The molecule has 2 aromatic carbocycles. The predicted octanol–water partition coefficient (Wildman–Crippen LogP) is 5.12. The first-order valence-corrected chi connectivity index (χ1v) is 9.54. The average molecular weight is 420 g/mol. The molecule has 0 aliphatic carbocycles. The van der Waals surface area contributed by atoms with Crippen LogP contribution in [0.1, 0.15) is 5.69 Å². The first-order chi connectivity index (χ1) is 14.5. The van der Waals surface area contributed by atoms with Gasteiger partial charge in [-0.1, -0.05) is 17.7 Å². The van der Waals surface area contributed by atoms with Gasteiger partial charge in [-0.25, -0.2) is 9.97 Å². The van der Waals surface area contributed by atoms with E-state index in [9.17, 15) is 4.39 Å². The fourth-order valence-electron chi connectivity index (χ4n) is 3.50. The minimum Gasteiger partial charge on any atom is -0.497 e. The van der Waals surface area contributed by atoms with Gasteiger partial charge in [0.25, 0.3) is 0 Å². The fraction of sp³-hybridized carbons (Fsp3) is 0.0909. The molecule has 0 spiro atoms. The van der Waals surface area contributed by atoms with Gasteiger partial charge in [0.15, 0.2) is 5.65 Å². The molecule has 0 N–H and O–H groups in total. The largest absolute Gasteiger partial charge is 0.497 e. The lowest BCUT2D eigenvalue weighted by atomic mass is 10.1. The standard InChI is InChI=1S/C22H15ClFN5O/c1-12-21-28-27-18-6-3-13(14-7-8-25-20(24)10-14)9-19(18)29(21)22(26-12)16-11-15(30-2)4-5-17(16)23/h3-11H,1-2H3. The number of pyridine rings is 1. The van der Waals surface area contributed by atoms with Crippen molar-refractivity contribution in [3.05, 3.63) is 71.4 Å². The smallest absolute Gasteiger partial charge is 0.213 e.